The molecule has 0 N–H and O–H groups in total. The Morgan fingerprint density at radius 3 is 2.55 bits per heavy atom. The maximum Gasteiger partial charge on any atom is 0.285 e. The standard InChI is InChI=1S/C16H15FN2O3/c1-11-6-5-8-13(15(11)19(21)22)16(20)18(2)10-12-7-3-4-9-14(12)17/h3-9H,10H2,1-2H3. The number of benzene rings is 2. The minimum Gasteiger partial charge on any atom is -0.337 e. The Hall–Kier alpha value is -2.76. The molecule has 1 amide bonds. The molecule has 5 nitrogen and oxygen atoms in total. The summed E-state index contributed by atoms with van der Waals surface area (Å²) in [5.74, 6) is -0.931. The van der Waals surface area contributed by atoms with Crippen molar-refractivity contribution in [2.75, 3.05) is 7.05 Å². The Morgan fingerprint density at radius 2 is 1.91 bits per heavy atom. The molecule has 0 unspecified atom stereocenters. The summed E-state index contributed by atoms with van der Waals surface area (Å²) in [6.07, 6.45) is 0. The summed E-state index contributed by atoms with van der Waals surface area (Å²) in [6.45, 7) is 1.61. The van der Waals surface area contributed by atoms with Crippen molar-refractivity contribution in [2.45, 2.75) is 13.5 Å². The minimum absolute atomic E-state index is 0.00355. The first-order valence-corrected chi connectivity index (χ1v) is 6.64. The van der Waals surface area contributed by atoms with Crippen molar-refractivity contribution in [1.82, 2.24) is 4.90 Å². The zero-order chi connectivity index (χ0) is 16.3. The number of aryl methyl sites for hydroxylation is 1. The molecule has 0 aliphatic heterocycles. The fraction of sp³-hybridized carbons (Fsp3) is 0.188. The Labute approximate surface area is 127 Å². The molecule has 6 heteroatoms. The Kier molecular flexibility index (Phi) is 4.50. The third-order valence-electron chi connectivity index (χ3n) is 3.36. The molecule has 114 valence electrons. The van der Waals surface area contributed by atoms with Crippen molar-refractivity contribution in [3.8, 4) is 0 Å². The Bertz CT molecular complexity index is 731. The van der Waals surface area contributed by atoms with Gasteiger partial charge in [-0.3, -0.25) is 14.9 Å². The molecular weight excluding hydrogens is 287 g/mol. The van der Waals surface area contributed by atoms with Crippen LogP contribution in [0.25, 0.3) is 0 Å². The molecule has 0 aliphatic rings. The third kappa shape index (κ3) is 3.11. The largest absolute Gasteiger partial charge is 0.337 e. The number of hydrogen-bond donors (Lipinski definition) is 0. The van der Waals surface area contributed by atoms with E-state index in [0.717, 1.165) is 0 Å². The second-order valence-corrected chi connectivity index (χ2v) is 4.98. The average Bonchev–Trinajstić information content (AvgIpc) is 2.48. The van der Waals surface area contributed by atoms with Crippen molar-refractivity contribution in [2.24, 2.45) is 0 Å². The number of para-hydroxylation sites is 1. The number of nitro groups is 1. The van der Waals surface area contributed by atoms with E-state index in [9.17, 15) is 19.3 Å². The summed E-state index contributed by atoms with van der Waals surface area (Å²) in [5.41, 5.74) is 0.556. The van der Waals surface area contributed by atoms with Crippen LogP contribution in [0.5, 0.6) is 0 Å². The highest BCUT2D eigenvalue weighted by Crippen LogP contribution is 2.24. The number of carbonyl (C=O) groups excluding carboxylic acids is 1. The SMILES string of the molecule is Cc1cccc(C(=O)N(C)Cc2ccccc2F)c1[N+](=O)[O-]. The van der Waals surface area contributed by atoms with E-state index in [2.05, 4.69) is 0 Å². The number of amides is 1. The first kappa shape index (κ1) is 15.6. The number of carbonyl (C=O) groups is 1. The molecular formula is C16H15FN2O3. The van der Waals surface area contributed by atoms with Gasteiger partial charge in [0.25, 0.3) is 11.6 Å². The number of nitrogens with zero attached hydrogens (tertiary/aromatic N) is 2. The van der Waals surface area contributed by atoms with Gasteiger partial charge in [0.15, 0.2) is 0 Å². The van der Waals surface area contributed by atoms with Crippen LogP contribution >= 0.6 is 0 Å². The summed E-state index contributed by atoms with van der Waals surface area (Å²) >= 11 is 0. The van der Waals surface area contributed by atoms with Gasteiger partial charge in [-0.05, 0) is 19.1 Å². The van der Waals surface area contributed by atoms with Gasteiger partial charge >= 0.3 is 0 Å². The highest BCUT2D eigenvalue weighted by atomic mass is 19.1. The van der Waals surface area contributed by atoms with Crippen molar-refractivity contribution in [3.63, 3.8) is 0 Å². The topological polar surface area (TPSA) is 63.5 Å². The quantitative estimate of drug-likeness (QED) is 0.643. The molecule has 2 aromatic carbocycles. The summed E-state index contributed by atoms with van der Waals surface area (Å²) in [4.78, 5) is 24.3. The van der Waals surface area contributed by atoms with E-state index in [1.54, 1.807) is 37.3 Å². The normalized spacial score (nSPS) is 10.3. The molecule has 0 heterocycles. The average molecular weight is 302 g/mol. The summed E-state index contributed by atoms with van der Waals surface area (Å²) in [5, 5.41) is 11.2. The zero-order valence-electron chi connectivity index (χ0n) is 12.2. The van der Waals surface area contributed by atoms with Crippen molar-refractivity contribution < 1.29 is 14.1 Å². The lowest BCUT2D eigenvalue weighted by Gasteiger charge is -2.18. The smallest absolute Gasteiger partial charge is 0.285 e. The maximum atomic E-state index is 13.6. The fourth-order valence-corrected chi connectivity index (χ4v) is 2.23. The molecule has 2 rings (SSSR count). The maximum absolute atomic E-state index is 13.6. The predicted molar refractivity (Wildman–Crippen MR) is 80.0 cm³/mol. The number of hydrogen-bond acceptors (Lipinski definition) is 3. The van der Waals surface area contributed by atoms with Gasteiger partial charge in [0, 0.05) is 24.7 Å². The summed E-state index contributed by atoms with van der Waals surface area (Å²) < 4.78 is 13.6. The van der Waals surface area contributed by atoms with Gasteiger partial charge in [0.2, 0.25) is 0 Å². The fourth-order valence-electron chi connectivity index (χ4n) is 2.23. The number of halogens is 1. The van der Waals surface area contributed by atoms with E-state index in [1.165, 1.54) is 24.1 Å². The monoisotopic (exact) mass is 302 g/mol. The van der Waals surface area contributed by atoms with Crippen molar-refractivity contribution in [1.29, 1.82) is 0 Å². The molecule has 0 saturated heterocycles. The summed E-state index contributed by atoms with van der Waals surface area (Å²) in [6, 6.07) is 10.7. The lowest BCUT2D eigenvalue weighted by atomic mass is 10.1. The van der Waals surface area contributed by atoms with Crippen LogP contribution in [0, 0.1) is 22.9 Å². The molecule has 22 heavy (non-hydrogen) atoms. The van der Waals surface area contributed by atoms with E-state index in [4.69, 9.17) is 0 Å². The van der Waals surface area contributed by atoms with Crippen LogP contribution < -0.4 is 0 Å². The minimum atomic E-state index is -0.570. The van der Waals surface area contributed by atoms with Gasteiger partial charge in [-0.25, -0.2) is 4.39 Å². The summed E-state index contributed by atoms with van der Waals surface area (Å²) in [7, 11) is 1.49. The van der Waals surface area contributed by atoms with E-state index < -0.39 is 16.6 Å². The van der Waals surface area contributed by atoms with Gasteiger partial charge < -0.3 is 4.90 Å². The second kappa shape index (κ2) is 6.34. The molecule has 0 radical (unpaired) electrons. The molecule has 0 aliphatic carbocycles. The Balaban J connectivity index is 2.31. The first-order chi connectivity index (χ1) is 10.4. The lowest BCUT2D eigenvalue weighted by molar-refractivity contribution is -0.385. The molecule has 0 aromatic heterocycles. The van der Waals surface area contributed by atoms with Crippen LogP contribution in [0.15, 0.2) is 42.5 Å². The molecule has 0 saturated carbocycles. The van der Waals surface area contributed by atoms with Gasteiger partial charge in [-0.15, -0.1) is 0 Å². The van der Waals surface area contributed by atoms with Crippen LogP contribution in [0.2, 0.25) is 0 Å². The van der Waals surface area contributed by atoms with Crippen LogP contribution in [-0.4, -0.2) is 22.8 Å². The first-order valence-electron chi connectivity index (χ1n) is 6.64. The highest BCUT2D eigenvalue weighted by molar-refractivity contribution is 5.98. The lowest BCUT2D eigenvalue weighted by Crippen LogP contribution is -2.27. The van der Waals surface area contributed by atoms with Gasteiger partial charge in [-0.2, -0.15) is 0 Å². The van der Waals surface area contributed by atoms with Crippen molar-refractivity contribution in [3.05, 3.63) is 75.1 Å². The van der Waals surface area contributed by atoms with Gasteiger partial charge in [0.1, 0.15) is 11.4 Å². The van der Waals surface area contributed by atoms with Crippen molar-refractivity contribution >= 4 is 11.6 Å². The molecule has 0 atom stereocenters. The predicted octanol–water partition coefficient (Wildman–Crippen LogP) is 3.31. The molecule has 2 aromatic rings. The molecule has 0 spiro atoms. The van der Waals surface area contributed by atoms with Gasteiger partial charge in [-0.1, -0.05) is 30.3 Å². The van der Waals surface area contributed by atoms with Gasteiger partial charge in [0.05, 0.1) is 4.92 Å². The van der Waals surface area contributed by atoms with Crippen LogP contribution in [0.1, 0.15) is 21.5 Å². The highest BCUT2D eigenvalue weighted by Gasteiger charge is 2.25. The van der Waals surface area contributed by atoms with Crippen LogP contribution in [-0.2, 0) is 6.54 Å². The zero-order valence-corrected chi connectivity index (χ0v) is 12.2. The number of rotatable bonds is 4. The molecule has 0 bridgehead atoms. The van der Waals surface area contributed by atoms with E-state index in [-0.39, 0.29) is 17.8 Å². The molecule has 0 fully saturated rings. The van der Waals surface area contributed by atoms with E-state index >= 15 is 0 Å². The number of nitro benzene ring substituents is 1. The third-order valence-corrected chi connectivity index (χ3v) is 3.36. The second-order valence-electron chi connectivity index (χ2n) is 4.98. The van der Waals surface area contributed by atoms with Crippen LogP contribution in [0.4, 0.5) is 10.1 Å². The van der Waals surface area contributed by atoms with E-state index in [0.29, 0.717) is 11.1 Å². The van der Waals surface area contributed by atoms with Crippen LogP contribution in [0.3, 0.4) is 0 Å². The van der Waals surface area contributed by atoms with E-state index in [1.807, 2.05) is 0 Å². The Morgan fingerprint density at radius 1 is 1.23 bits per heavy atom.